The molecule has 2 aromatic rings. The molecule has 1 atom stereocenters. The third-order valence-corrected chi connectivity index (χ3v) is 3.02. The Bertz CT molecular complexity index is 734. The lowest BCUT2D eigenvalue weighted by Crippen LogP contribution is -2.08. The first kappa shape index (κ1) is 17.4. The second-order valence-corrected chi connectivity index (χ2v) is 4.98. The third kappa shape index (κ3) is 4.77. The van der Waals surface area contributed by atoms with Crippen molar-refractivity contribution in [2.75, 3.05) is 6.61 Å². The maximum atomic E-state index is 11.6. The van der Waals surface area contributed by atoms with Crippen molar-refractivity contribution in [3.8, 4) is 11.5 Å². The molecule has 7 heteroatoms. The fourth-order valence-electron chi connectivity index (χ4n) is 1.80. The lowest BCUT2D eigenvalue weighted by molar-refractivity contribution is -0.144. The molecule has 126 valence electrons. The molecule has 2 rings (SSSR count). The molecule has 0 amide bonds. The van der Waals surface area contributed by atoms with Gasteiger partial charge >= 0.3 is 11.9 Å². The summed E-state index contributed by atoms with van der Waals surface area (Å²) in [7, 11) is 0. The van der Waals surface area contributed by atoms with Gasteiger partial charge in [-0.05, 0) is 32.9 Å². The molecule has 7 nitrogen and oxygen atoms in total. The van der Waals surface area contributed by atoms with E-state index in [0.29, 0.717) is 5.89 Å². The minimum Gasteiger partial charge on any atom is -0.463 e. The van der Waals surface area contributed by atoms with Crippen LogP contribution < -0.4 is 0 Å². The summed E-state index contributed by atoms with van der Waals surface area (Å²) in [4.78, 5) is 22.8. The quantitative estimate of drug-likeness (QED) is 0.594. The molecular formula is C17H18N2O5. The highest BCUT2D eigenvalue weighted by Crippen LogP contribution is 2.22. The van der Waals surface area contributed by atoms with E-state index in [1.165, 1.54) is 0 Å². The smallest absolute Gasteiger partial charge is 0.331 e. The third-order valence-electron chi connectivity index (χ3n) is 3.02. The van der Waals surface area contributed by atoms with Crippen LogP contribution in [0.15, 0.2) is 40.8 Å². The summed E-state index contributed by atoms with van der Waals surface area (Å²) in [6.45, 7) is 5.49. The monoisotopic (exact) mass is 330 g/mol. The van der Waals surface area contributed by atoms with Crippen LogP contribution in [0.1, 0.15) is 31.4 Å². The van der Waals surface area contributed by atoms with Gasteiger partial charge in [-0.3, -0.25) is 0 Å². The van der Waals surface area contributed by atoms with Gasteiger partial charge in [-0.25, -0.2) is 9.59 Å². The van der Waals surface area contributed by atoms with Crippen molar-refractivity contribution in [1.29, 1.82) is 0 Å². The fourth-order valence-corrected chi connectivity index (χ4v) is 1.80. The molecule has 0 saturated carbocycles. The van der Waals surface area contributed by atoms with E-state index >= 15 is 0 Å². The average molecular weight is 330 g/mol. The maximum absolute atomic E-state index is 11.6. The average Bonchev–Trinajstić information content (AvgIpc) is 3.04. The summed E-state index contributed by atoms with van der Waals surface area (Å²) in [5.74, 6) is -0.800. The first-order valence-electron chi connectivity index (χ1n) is 7.45. The SMILES string of the molecule is CCOC(=O)/C=C/C(=O)O[C@@H](C)c1nnc(-c2ccc(C)cc2)o1. The van der Waals surface area contributed by atoms with E-state index in [9.17, 15) is 9.59 Å². The largest absolute Gasteiger partial charge is 0.463 e. The van der Waals surface area contributed by atoms with Gasteiger partial charge in [-0.2, -0.15) is 0 Å². The lowest BCUT2D eigenvalue weighted by atomic mass is 10.1. The number of aromatic nitrogens is 2. The standard InChI is InChI=1S/C17H18N2O5/c1-4-22-14(20)9-10-15(21)23-12(3)16-18-19-17(24-16)13-7-5-11(2)6-8-13/h5-10,12H,4H2,1-3H3/b10-9+/t12-/m0/s1. The molecule has 0 bridgehead atoms. The molecule has 1 heterocycles. The van der Waals surface area contributed by atoms with Crippen LogP contribution in [0.25, 0.3) is 11.5 Å². The molecule has 0 spiro atoms. The molecule has 1 aromatic carbocycles. The van der Waals surface area contributed by atoms with Crippen molar-refractivity contribution in [2.45, 2.75) is 26.9 Å². The van der Waals surface area contributed by atoms with Gasteiger partial charge in [-0.15, -0.1) is 10.2 Å². The molecular weight excluding hydrogens is 312 g/mol. The number of carbonyl (C=O) groups is 2. The van der Waals surface area contributed by atoms with Crippen molar-refractivity contribution in [1.82, 2.24) is 10.2 Å². The van der Waals surface area contributed by atoms with Crippen LogP contribution in [0.4, 0.5) is 0 Å². The lowest BCUT2D eigenvalue weighted by Gasteiger charge is -2.06. The Kier molecular flexibility index (Phi) is 5.83. The molecule has 1 aromatic heterocycles. The van der Waals surface area contributed by atoms with Crippen LogP contribution >= 0.6 is 0 Å². The number of ether oxygens (including phenoxy) is 2. The van der Waals surface area contributed by atoms with E-state index in [1.807, 2.05) is 31.2 Å². The summed E-state index contributed by atoms with van der Waals surface area (Å²) in [6.07, 6.45) is 1.26. The second-order valence-electron chi connectivity index (χ2n) is 4.98. The number of hydrogen-bond donors (Lipinski definition) is 0. The van der Waals surface area contributed by atoms with Crippen LogP contribution in [0.3, 0.4) is 0 Å². The van der Waals surface area contributed by atoms with Gasteiger partial charge in [0.1, 0.15) is 0 Å². The molecule has 24 heavy (non-hydrogen) atoms. The highest BCUT2D eigenvalue weighted by molar-refractivity contribution is 5.91. The van der Waals surface area contributed by atoms with Gasteiger partial charge < -0.3 is 13.9 Å². The Morgan fingerprint density at radius 3 is 2.50 bits per heavy atom. The van der Waals surface area contributed by atoms with Crippen molar-refractivity contribution < 1.29 is 23.5 Å². The predicted molar refractivity (Wildman–Crippen MR) is 84.8 cm³/mol. The summed E-state index contributed by atoms with van der Waals surface area (Å²) >= 11 is 0. The van der Waals surface area contributed by atoms with E-state index in [-0.39, 0.29) is 12.5 Å². The van der Waals surface area contributed by atoms with E-state index in [1.54, 1.807) is 13.8 Å². The summed E-state index contributed by atoms with van der Waals surface area (Å²) in [5.41, 5.74) is 1.90. The van der Waals surface area contributed by atoms with Crippen LogP contribution in [0, 0.1) is 6.92 Å². The maximum Gasteiger partial charge on any atom is 0.331 e. The number of nitrogens with zero attached hydrogens (tertiary/aromatic N) is 2. The minimum atomic E-state index is -0.740. The summed E-state index contributed by atoms with van der Waals surface area (Å²) in [6, 6.07) is 7.60. The van der Waals surface area contributed by atoms with Crippen molar-refractivity contribution in [2.24, 2.45) is 0 Å². The molecule has 0 fully saturated rings. The molecule has 0 saturated heterocycles. The van der Waals surface area contributed by atoms with E-state index in [2.05, 4.69) is 14.9 Å². The zero-order valence-electron chi connectivity index (χ0n) is 13.7. The number of esters is 2. The Morgan fingerprint density at radius 2 is 1.83 bits per heavy atom. The summed E-state index contributed by atoms with van der Waals surface area (Å²) in [5, 5.41) is 7.83. The van der Waals surface area contributed by atoms with Crippen LogP contribution in [0.5, 0.6) is 0 Å². The molecule has 0 unspecified atom stereocenters. The van der Waals surface area contributed by atoms with Crippen molar-refractivity contribution >= 4 is 11.9 Å². The first-order valence-corrected chi connectivity index (χ1v) is 7.45. The molecule has 0 radical (unpaired) electrons. The van der Waals surface area contributed by atoms with Gasteiger partial charge in [0.2, 0.25) is 5.89 Å². The number of carbonyl (C=O) groups excluding carboxylic acids is 2. The van der Waals surface area contributed by atoms with Gasteiger partial charge in [0.15, 0.2) is 6.10 Å². The Morgan fingerprint density at radius 1 is 1.17 bits per heavy atom. The molecule has 0 N–H and O–H groups in total. The molecule has 0 aliphatic heterocycles. The van der Waals surface area contributed by atoms with Gasteiger partial charge in [-0.1, -0.05) is 17.7 Å². The van der Waals surface area contributed by atoms with Gasteiger partial charge in [0.05, 0.1) is 6.61 Å². The van der Waals surface area contributed by atoms with Crippen molar-refractivity contribution in [3.05, 3.63) is 47.9 Å². The Balaban J connectivity index is 1.98. The second kappa shape index (κ2) is 8.05. The zero-order valence-corrected chi connectivity index (χ0v) is 13.7. The number of aryl methyl sites for hydroxylation is 1. The highest BCUT2D eigenvalue weighted by atomic mass is 16.6. The molecule has 0 aliphatic carbocycles. The summed E-state index contributed by atoms with van der Waals surface area (Å²) < 4.78 is 15.3. The topological polar surface area (TPSA) is 91.5 Å². The predicted octanol–water partition coefficient (Wildman–Crippen LogP) is 2.77. The first-order chi connectivity index (χ1) is 11.5. The van der Waals surface area contributed by atoms with E-state index < -0.39 is 18.0 Å². The number of benzene rings is 1. The molecule has 0 aliphatic rings. The van der Waals surface area contributed by atoms with Crippen LogP contribution in [-0.2, 0) is 19.1 Å². The zero-order chi connectivity index (χ0) is 17.5. The van der Waals surface area contributed by atoms with Crippen molar-refractivity contribution in [3.63, 3.8) is 0 Å². The highest BCUT2D eigenvalue weighted by Gasteiger charge is 2.18. The number of rotatable bonds is 6. The number of hydrogen-bond acceptors (Lipinski definition) is 7. The Labute approximate surface area is 139 Å². The van der Waals surface area contributed by atoms with E-state index in [0.717, 1.165) is 23.3 Å². The normalized spacial score (nSPS) is 12.1. The fraction of sp³-hybridized carbons (Fsp3) is 0.294. The van der Waals surface area contributed by atoms with Gasteiger partial charge in [0, 0.05) is 17.7 Å². The Hall–Kier alpha value is -2.96. The van der Waals surface area contributed by atoms with Crippen LogP contribution in [0.2, 0.25) is 0 Å². The van der Waals surface area contributed by atoms with Gasteiger partial charge in [0.25, 0.3) is 5.89 Å². The minimum absolute atomic E-state index is 0.170. The van der Waals surface area contributed by atoms with E-state index in [4.69, 9.17) is 9.15 Å². The van der Waals surface area contributed by atoms with Crippen LogP contribution in [-0.4, -0.2) is 28.7 Å².